The summed E-state index contributed by atoms with van der Waals surface area (Å²) in [4.78, 5) is 30.6. The first-order valence-corrected chi connectivity index (χ1v) is 18.4. The Morgan fingerprint density at radius 2 is 1.91 bits per heavy atom. The van der Waals surface area contributed by atoms with Crippen molar-refractivity contribution in [1.29, 1.82) is 5.26 Å². The number of nitriles is 1. The van der Waals surface area contributed by atoms with Gasteiger partial charge in [-0.25, -0.2) is 27.6 Å². The van der Waals surface area contributed by atoms with E-state index in [0.717, 1.165) is 18.2 Å². The number of hydrogen-bond acceptors (Lipinski definition) is 11. The second-order valence-electron chi connectivity index (χ2n) is 12.5. The van der Waals surface area contributed by atoms with E-state index < -0.39 is 46.5 Å². The van der Waals surface area contributed by atoms with Gasteiger partial charge in [0.15, 0.2) is 11.9 Å². The Hall–Kier alpha value is -5.27. The third-order valence-electron chi connectivity index (χ3n) is 8.69. The molecule has 0 aliphatic carbocycles. The smallest absolute Gasteiger partial charge is 0.339 e. The number of nitrogens with one attached hydrogen (secondary N) is 1. The highest BCUT2D eigenvalue weighted by Crippen LogP contribution is 2.42. The van der Waals surface area contributed by atoms with Crippen LogP contribution in [-0.4, -0.2) is 70.3 Å². The van der Waals surface area contributed by atoms with Gasteiger partial charge < -0.3 is 24.3 Å². The van der Waals surface area contributed by atoms with Crippen molar-refractivity contribution >= 4 is 29.8 Å². The van der Waals surface area contributed by atoms with Crippen molar-refractivity contribution in [2.24, 2.45) is 0 Å². The lowest BCUT2D eigenvalue weighted by atomic mass is 9.89. The lowest BCUT2D eigenvalue weighted by molar-refractivity contribution is -0.146. The van der Waals surface area contributed by atoms with Gasteiger partial charge in [-0.15, -0.1) is 11.8 Å². The average Bonchev–Trinajstić information content (AvgIpc) is 3.69. The average molecular weight is 776 g/mol. The second-order valence-corrected chi connectivity index (χ2v) is 14.2. The molecule has 1 fully saturated rings. The van der Waals surface area contributed by atoms with Crippen molar-refractivity contribution in [1.82, 2.24) is 20.1 Å². The molecule has 1 saturated heterocycles. The van der Waals surface area contributed by atoms with Crippen molar-refractivity contribution in [2.45, 2.75) is 55.3 Å². The lowest BCUT2D eigenvalue weighted by Gasteiger charge is -2.40. The first kappa shape index (κ1) is 40.9. The Labute approximate surface area is 321 Å². The molecule has 288 valence electrons. The standard InChI is InChI=1S/C40H40F3N5O6S/c1-27(55-32-22-52-38(53-23-32)12-6-4-8-29-14-13-28(20-44)18-35(29)42)40(24-48-26-46-25-47-48,34-16-15-31(41)19-36(34)43)54-39(50)33-10-5-3-9-30(33)21-51-37(49)11-7-17-45-2/h3-6,8-10,12-16,18-19,25-27,32,38,45H,7,11,17,21-24H2,1-2H3. The number of allylic oxidation sites excluding steroid dienone is 2. The summed E-state index contributed by atoms with van der Waals surface area (Å²) in [7, 11) is 1.78. The van der Waals surface area contributed by atoms with Crippen LogP contribution in [0.1, 0.15) is 52.4 Å². The Morgan fingerprint density at radius 1 is 1.11 bits per heavy atom. The molecular formula is C40H40F3N5O6S. The predicted octanol–water partition coefficient (Wildman–Crippen LogP) is 6.50. The minimum atomic E-state index is -1.79. The molecule has 3 aromatic carbocycles. The van der Waals surface area contributed by atoms with E-state index in [-0.39, 0.29) is 54.7 Å². The highest BCUT2D eigenvalue weighted by molar-refractivity contribution is 8.00. The van der Waals surface area contributed by atoms with E-state index in [0.29, 0.717) is 24.1 Å². The summed E-state index contributed by atoms with van der Waals surface area (Å²) in [6, 6.07) is 15.6. The molecule has 1 aromatic heterocycles. The zero-order valence-electron chi connectivity index (χ0n) is 30.2. The zero-order valence-corrected chi connectivity index (χ0v) is 31.0. The number of ether oxygens (including phenoxy) is 4. The number of benzene rings is 3. The molecular weight excluding hydrogens is 736 g/mol. The first-order chi connectivity index (χ1) is 26.6. The molecule has 2 unspecified atom stereocenters. The largest absolute Gasteiger partial charge is 0.461 e. The number of carbonyl (C=O) groups is 2. The molecule has 2 heterocycles. The molecule has 1 N–H and O–H groups in total. The summed E-state index contributed by atoms with van der Waals surface area (Å²) in [5.74, 6) is -3.51. The van der Waals surface area contributed by atoms with E-state index in [2.05, 4.69) is 15.4 Å². The Balaban J connectivity index is 1.35. The van der Waals surface area contributed by atoms with E-state index in [1.54, 1.807) is 56.5 Å². The van der Waals surface area contributed by atoms with Crippen LogP contribution in [0.4, 0.5) is 13.2 Å². The SMILES string of the molecule is CNCCCC(=O)OCc1ccccc1C(=O)OC(Cn1cncn1)(c1ccc(F)cc1F)C(C)SC1COC(C=CC=Cc2ccc(C#N)cc2F)OC1. The molecule has 5 rings (SSSR count). The van der Waals surface area contributed by atoms with E-state index >= 15 is 4.39 Å². The number of halogens is 3. The minimum Gasteiger partial charge on any atom is -0.461 e. The highest BCUT2D eigenvalue weighted by atomic mass is 32.2. The summed E-state index contributed by atoms with van der Waals surface area (Å²) in [5, 5.41) is 15.1. The summed E-state index contributed by atoms with van der Waals surface area (Å²) in [6.45, 7) is 2.43. The van der Waals surface area contributed by atoms with Crippen LogP contribution < -0.4 is 5.32 Å². The fourth-order valence-electron chi connectivity index (χ4n) is 5.83. The molecule has 15 heteroatoms. The number of carbonyl (C=O) groups excluding carboxylic acids is 2. The molecule has 4 aromatic rings. The van der Waals surface area contributed by atoms with Crippen molar-refractivity contribution in [2.75, 3.05) is 26.8 Å². The number of rotatable bonds is 17. The molecule has 0 radical (unpaired) electrons. The topological polar surface area (TPSA) is 138 Å². The van der Waals surface area contributed by atoms with Gasteiger partial charge in [-0.3, -0.25) is 4.79 Å². The second kappa shape index (κ2) is 19.9. The van der Waals surface area contributed by atoms with Crippen molar-refractivity contribution in [3.05, 3.63) is 137 Å². The monoisotopic (exact) mass is 775 g/mol. The minimum absolute atomic E-state index is 0.0878. The Kier molecular flexibility index (Phi) is 14.8. The molecule has 1 aliphatic rings. The van der Waals surface area contributed by atoms with Gasteiger partial charge in [0.1, 0.15) is 36.7 Å². The van der Waals surface area contributed by atoms with Crippen molar-refractivity contribution in [3.8, 4) is 6.07 Å². The van der Waals surface area contributed by atoms with Gasteiger partial charge in [-0.05, 0) is 63.3 Å². The zero-order chi connectivity index (χ0) is 39.2. The number of aromatic nitrogens is 3. The summed E-state index contributed by atoms with van der Waals surface area (Å²) < 4.78 is 69.5. The summed E-state index contributed by atoms with van der Waals surface area (Å²) in [5.41, 5.74) is -0.849. The van der Waals surface area contributed by atoms with Gasteiger partial charge in [0.2, 0.25) is 0 Å². The molecule has 0 bridgehead atoms. The Bertz CT molecular complexity index is 2020. The Morgan fingerprint density at radius 3 is 2.62 bits per heavy atom. The fraction of sp³-hybridized carbons (Fsp3) is 0.325. The lowest BCUT2D eigenvalue weighted by Crippen LogP contribution is -2.47. The molecule has 0 spiro atoms. The third kappa shape index (κ3) is 11.1. The maximum atomic E-state index is 15.9. The van der Waals surface area contributed by atoms with Crippen LogP contribution in [-0.2, 0) is 42.5 Å². The highest BCUT2D eigenvalue weighted by Gasteiger charge is 2.47. The maximum Gasteiger partial charge on any atom is 0.339 e. The number of hydrogen-bond donors (Lipinski definition) is 1. The molecule has 11 nitrogen and oxygen atoms in total. The van der Waals surface area contributed by atoms with Gasteiger partial charge in [0, 0.05) is 34.4 Å². The van der Waals surface area contributed by atoms with Gasteiger partial charge in [0.05, 0.1) is 42.2 Å². The number of nitrogens with zero attached hydrogens (tertiary/aromatic N) is 4. The van der Waals surface area contributed by atoms with Crippen LogP contribution >= 0.6 is 11.8 Å². The molecule has 55 heavy (non-hydrogen) atoms. The van der Waals surface area contributed by atoms with Crippen LogP contribution in [0.15, 0.2) is 91.5 Å². The van der Waals surface area contributed by atoms with Gasteiger partial charge in [-0.1, -0.05) is 42.5 Å². The quantitative estimate of drug-likeness (QED) is 0.0716. The summed E-state index contributed by atoms with van der Waals surface area (Å²) >= 11 is 1.33. The van der Waals surface area contributed by atoms with Crippen molar-refractivity contribution < 1.29 is 41.7 Å². The van der Waals surface area contributed by atoms with Gasteiger partial charge >= 0.3 is 11.9 Å². The third-order valence-corrected chi connectivity index (χ3v) is 10.1. The van der Waals surface area contributed by atoms with E-state index in [4.69, 9.17) is 24.2 Å². The molecule has 2 atom stereocenters. The fourth-order valence-corrected chi connectivity index (χ4v) is 7.19. The molecule has 0 amide bonds. The van der Waals surface area contributed by atoms with Crippen LogP contribution in [0.25, 0.3) is 6.08 Å². The maximum absolute atomic E-state index is 15.9. The van der Waals surface area contributed by atoms with Crippen LogP contribution in [0.2, 0.25) is 0 Å². The number of esters is 2. The van der Waals surface area contributed by atoms with Gasteiger partial charge in [-0.2, -0.15) is 10.4 Å². The number of thioether (sulfide) groups is 1. The van der Waals surface area contributed by atoms with Gasteiger partial charge in [0.25, 0.3) is 0 Å². The van der Waals surface area contributed by atoms with Crippen molar-refractivity contribution in [3.63, 3.8) is 0 Å². The van der Waals surface area contributed by atoms with E-state index in [9.17, 15) is 18.4 Å². The molecule has 1 aliphatic heterocycles. The van der Waals surface area contributed by atoms with Crippen LogP contribution in [0, 0.1) is 28.8 Å². The van der Waals surface area contributed by atoms with Crippen LogP contribution in [0.5, 0.6) is 0 Å². The first-order valence-electron chi connectivity index (χ1n) is 17.4. The normalized spacial score (nSPS) is 17.5. The summed E-state index contributed by atoms with van der Waals surface area (Å²) in [6.07, 6.45) is 9.24. The predicted molar refractivity (Wildman–Crippen MR) is 199 cm³/mol. The van der Waals surface area contributed by atoms with E-state index in [1.165, 1.54) is 53.4 Å². The van der Waals surface area contributed by atoms with E-state index in [1.807, 2.05) is 6.07 Å². The van der Waals surface area contributed by atoms with Crippen LogP contribution in [0.3, 0.4) is 0 Å². The molecule has 0 saturated carbocycles.